The zero-order chi connectivity index (χ0) is 10.8. The molecule has 88 valence electrons. The first-order valence-electron chi connectivity index (χ1n) is 6.68. The maximum Gasteiger partial charge on any atom is 0.0138 e. The van der Waals surface area contributed by atoms with Crippen LogP contribution in [0.1, 0.15) is 46.0 Å². The fraction of sp³-hybridized carbons (Fsp3) is 1.00. The molecule has 1 saturated heterocycles. The second-order valence-electron chi connectivity index (χ2n) is 5.73. The van der Waals surface area contributed by atoms with Crippen molar-refractivity contribution in [1.29, 1.82) is 0 Å². The molecule has 1 saturated carbocycles. The van der Waals surface area contributed by atoms with Gasteiger partial charge in [-0.15, -0.1) is 0 Å². The highest BCUT2D eigenvalue weighted by Crippen LogP contribution is 2.34. The van der Waals surface area contributed by atoms with Crippen LogP contribution in [0.25, 0.3) is 0 Å². The Morgan fingerprint density at radius 2 is 1.93 bits per heavy atom. The minimum absolute atomic E-state index is 0.770. The minimum Gasteiger partial charge on any atom is -0.330 e. The van der Waals surface area contributed by atoms with Crippen molar-refractivity contribution in [2.45, 2.75) is 58.0 Å². The Balaban J connectivity index is 2.01. The van der Waals surface area contributed by atoms with E-state index in [9.17, 15) is 0 Å². The standard InChI is InChI=1S/C13H26N2/c1-10-7-11(2)15(9-10)13-6-4-3-5-12(13)8-14/h10-13H,3-9,14H2,1-2H3. The van der Waals surface area contributed by atoms with Gasteiger partial charge in [0.25, 0.3) is 0 Å². The Hall–Kier alpha value is -0.0800. The number of nitrogens with zero attached hydrogens (tertiary/aromatic N) is 1. The van der Waals surface area contributed by atoms with E-state index < -0.39 is 0 Å². The van der Waals surface area contributed by atoms with E-state index in [0.29, 0.717) is 0 Å². The second kappa shape index (κ2) is 4.84. The van der Waals surface area contributed by atoms with Gasteiger partial charge in [0.2, 0.25) is 0 Å². The molecule has 0 aromatic rings. The molecule has 4 unspecified atom stereocenters. The third-order valence-electron chi connectivity index (χ3n) is 4.43. The van der Waals surface area contributed by atoms with Crippen LogP contribution in [0, 0.1) is 11.8 Å². The lowest BCUT2D eigenvalue weighted by Crippen LogP contribution is -2.46. The average molecular weight is 210 g/mol. The first-order valence-corrected chi connectivity index (χ1v) is 6.68. The van der Waals surface area contributed by atoms with Crippen LogP contribution >= 0.6 is 0 Å². The molecule has 0 aromatic carbocycles. The van der Waals surface area contributed by atoms with Crippen molar-refractivity contribution in [1.82, 2.24) is 4.90 Å². The van der Waals surface area contributed by atoms with Crippen LogP contribution in [0.15, 0.2) is 0 Å². The van der Waals surface area contributed by atoms with Crippen LogP contribution in [0.4, 0.5) is 0 Å². The monoisotopic (exact) mass is 210 g/mol. The molecule has 15 heavy (non-hydrogen) atoms. The number of hydrogen-bond acceptors (Lipinski definition) is 2. The Kier molecular flexibility index (Phi) is 3.68. The molecule has 1 aliphatic carbocycles. The summed E-state index contributed by atoms with van der Waals surface area (Å²) in [5, 5.41) is 0. The van der Waals surface area contributed by atoms with Gasteiger partial charge in [0.05, 0.1) is 0 Å². The Morgan fingerprint density at radius 1 is 1.20 bits per heavy atom. The van der Waals surface area contributed by atoms with Gasteiger partial charge in [-0.3, -0.25) is 4.90 Å². The molecule has 4 atom stereocenters. The zero-order valence-corrected chi connectivity index (χ0v) is 10.3. The molecule has 0 radical (unpaired) electrons. The summed E-state index contributed by atoms with van der Waals surface area (Å²) in [6, 6.07) is 1.58. The quantitative estimate of drug-likeness (QED) is 0.757. The summed E-state index contributed by atoms with van der Waals surface area (Å²) in [6.07, 6.45) is 6.94. The summed E-state index contributed by atoms with van der Waals surface area (Å²) >= 11 is 0. The molecule has 2 fully saturated rings. The summed E-state index contributed by atoms with van der Waals surface area (Å²) in [7, 11) is 0. The fourth-order valence-corrected chi connectivity index (χ4v) is 3.69. The first-order chi connectivity index (χ1) is 7.22. The maximum absolute atomic E-state index is 5.91. The molecule has 2 nitrogen and oxygen atoms in total. The number of rotatable bonds is 2. The summed E-state index contributed by atoms with van der Waals surface area (Å²) in [5.74, 6) is 1.66. The lowest BCUT2D eigenvalue weighted by atomic mass is 9.83. The van der Waals surface area contributed by atoms with E-state index in [-0.39, 0.29) is 0 Å². The fourth-order valence-electron chi connectivity index (χ4n) is 3.69. The maximum atomic E-state index is 5.91. The zero-order valence-electron chi connectivity index (χ0n) is 10.3. The molecule has 0 spiro atoms. The predicted molar refractivity (Wildman–Crippen MR) is 64.7 cm³/mol. The summed E-state index contributed by atoms with van der Waals surface area (Å²) < 4.78 is 0. The molecule has 2 heteroatoms. The first kappa shape index (κ1) is 11.4. The molecular weight excluding hydrogens is 184 g/mol. The van der Waals surface area contributed by atoms with Crippen LogP contribution in [-0.2, 0) is 0 Å². The lowest BCUT2D eigenvalue weighted by molar-refractivity contribution is 0.0995. The van der Waals surface area contributed by atoms with Crippen LogP contribution in [0.3, 0.4) is 0 Å². The van der Waals surface area contributed by atoms with Crippen molar-refractivity contribution < 1.29 is 0 Å². The smallest absolute Gasteiger partial charge is 0.0138 e. The van der Waals surface area contributed by atoms with E-state index in [0.717, 1.165) is 30.5 Å². The Morgan fingerprint density at radius 3 is 2.53 bits per heavy atom. The van der Waals surface area contributed by atoms with Crippen molar-refractivity contribution >= 4 is 0 Å². The molecule has 1 aliphatic heterocycles. The average Bonchev–Trinajstić information content (AvgIpc) is 2.57. The van der Waals surface area contributed by atoms with Gasteiger partial charge in [-0.1, -0.05) is 19.8 Å². The highest BCUT2D eigenvalue weighted by atomic mass is 15.2. The van der Waals surface area contributed by atoms with Crippen LogP contribution in [-0.4, -0.2) is 30.1 Å². The molecule has 2 N–H and O–H groups in total. The minimum atomic E-state index is 0.770. The van der Waals surface area contributed by atoms with E-state index in [1.54, 1.807) is 0 Å². The van der Waals surface area contributed by atoms with Gasteiger partial charge in [0.1, 0.15) is 0 Å². The summed E-state index contributed by atoms with van der Waals surface area (Å²) in [6.45, 7) is 6.98. The third kappa shape index (κ3) is 2.36. The van der Waals surface area contributed by atoms with Gasteiger partial charge >= 0.3 is 0 Å². The van der Waals surface area contributed by atoms with Crippen molar-refractivity contribution in [3.63, 3.8) is 0 Å². The number of likely N-dealkylation sites (tertiary alicyclic amines) is 1. The second-order valence-corrected chi connectivity index (χ2v) is 5.73. The van der Waals surface area contributed by atoms with E-state index in [1.807, 2.05) is 0 Å². The van der Waals surface area contributed by atoms with Gasteiger partial charge in [-0.05, 0) is 44.6 Å². The molecular formula is C13H26N2. The van der Waals surface area contributed by atoms with Crippen molar-refractivity contribution in [2.24, 2.45) is 17.6 Å². The van der Waals surface area contributed by atoms with E-state index >= 15 is 0 Å². The lowest BCUT2D eigenvalue weighted by Gasteiger charge is -2.39. The topological polar surface area (TPSA) is 29.3 Å². The SMILES string of the molecule is CC1CC(C)N(C2CCCCC2CN)C1. The molecule has 0 bridgehead atoms. The van der Waals surface area contributed by atoms with Crippen molar-refractivity contribution in [2.75, 3.05) is 13.1 Å². The van der Waals surface area contributed by atoms with Crippen molar-refractivity contribution in [3.8, 4) is 0 Å². The Bertz CT molecular complexity index is 205. The predicted octanol–water partition coefficient (Wildman–Crippen LogP) is 2.23. The normalized spacial score (nSPS) is 43.4. The third-order valence-corrected chi connectivity index (χ3v) is 4.43. The molecule has 0 amide bonds. The largest absolute Gasteiger partial charge is 0.330 e. The van der Waals surface area contributed by atoms with Crippen LogP contribution in [0.2, 0.25) is 0 Å². The van der Waals surface area contributed by atoms with E-state index in [2.05, 4.69) is 18.7 Å². The highest BCUT2D eigenvalue weighted by molar-refractivity contribution is 4.91. The van der Waals surface area contributed by atoms with Crippen LogP contribution < -0.4 is 5.73 Å². The van der Waals surface area contributed by atoms with Gasteiger partial charge in [0.15, 0.2) is 0 Å². The van der Waals surface area contributed by atoms with Gasteiger partial charge < -0.3 is 5.73 Å². The van der Waals surface area contributed by atoms with E-state index in [4.69, 9.17) is 5.73 Å². The molecule has 1 heterocycles. The molecule has 2 aliphatic rings. The van der Waals surface area contributed by atoms with Crippen LogP contribution in [0.5, 0.6) is 0 Å². The number of hydrogen-bond donors (Lipinski definition) is 1. The van der Waals surface area contributed by atoms with E-state index in [1.165, 1.54) is 38.6 Å². The highest BCUT2D eigenvalue weighted by Gasteiger charge is 2.36. The summed E-state index contributed by atoms with van der Waals surface area (Å²) in [5.41, 5.74) is 5.91. The molecule has 0 aromatic heterocycles. The van der Waals surface area contributed by atoms with Gasteiger partial charge in [-0.25, -0.2) is 0 Å². The van der Waals surface area contributed by atoms with Gasteiger partial charge in [0, 0.05) is 18.6 Å². The molecule has 2 rings (SSSR count). The summed E-state index contributed by atoms with van der Waals surface area (Å²) in [4.78, 5) is 2.75. The number of nitrogens with two attached hydrogens (primary N) is 1. The van der Waals surface area contributed by atoms with Gasteiger partial charge in [-0.2, -0.15) is 0 Å². The Labute approximate surface area is 94.2 Å². The van der Waals surface area contributed by atoms with Crippen molar-refractivity contribution in [3.05, 3.63) is 0 Å².